The molecule has 0 atom stereocenters. The Bertz CT molecular complexity index is 320. The third kappa shape index (κ3) is 4.42. The largest absolute Gasteiger partial charge is 0.368 e. The summed E-state index contributed by atoms with van der Waals surface area (Å²) < 4.78 is 0. The van der Waals surface area contributed by atoms with Gasteiger partial charge in [-0.2, -0.15) is 15.0 Å². The summed E-state index contributed by atoms with van der Waals surface area (Å²) in [4.78, 5) is 14.1. The summed E-state index contributed by atoms with van der Waals surface area (Å²) in [6.07, 6.45) is 4.85. The Labute approximate surface area is 102 Å². The van der Waals surface area contributed by atoms with E-state index in [-0.39, 0.29) is 11.9 Å². The molecular formula is C11H22N6. The van der Waals surface area contributed by atoms with Crippen LogP contribution in [-0.4, -0.2) is 28.0 Å². The van der Waals surface area contributed by atoms with Gasteiger partial charge in [-0.25, -0.2) is 0 Å². The van der Waals surface area contributed by atoms with E-state index in [0.717, 1.165) is 19.5 Å². The van der Waals surface area contributed by atoms with E-state index in [2.05, 4.69) is 33.7 Å². The molecule has 1 aromatic rings. The van der Waals surface area contributed by atoms with E-state index in [1.165, 1.54) is 19.3 Å². The number of hydrogen-bond acceptors (Lipinski definition) is 6. The molecule has 0 unspecified atom stereocenters. The number of anilines is 3. The lowest BCUT2D eigenvalue weighted by Gasteiger charge is -2.20. The van der Waals surface area contributed by atoms with Crippen LogP contribution in [0.3, 0.4) is 0 Å². The molecule has 96 valence electrons. The Hall–Kier alpha value is -1.59. The van der Waals surface area contributed by atoms with E-state index >= 15 is 0 Å². The molecule has 4 N–H and O–H groups in total. The maximum absolute atomic E-state index is 5.56. The highest BCUT2D eigenvalue weighted by Crippen LogP contribution is 2.11. The highest BCUT2D eigenvalue weighted by atomic mass is 15.3. The van der Waals surface area contributed by atoms with Gasteiger partial charge in [0, 0.05) is 13.1 Å². The Balaban J connectivity index is 2.59. The molecule has 0 radical (unpaired) electrons. The van der Waals surface area contributed by atoms with Crippen LogP contribution in [0.4, 0.5) is 17.8 Å². The van der Waals surface area contributed by atoms with Crippen LogP contribution in [0.5, 0.6) is 0 Å². The van der Waals surface area contributed by atoms with Gasteiger partial charge in [0.1, 0.15) is 0 Å². The zero-order valence-corrected chi connectivity index (χ0v) is 10.7. The molecule has 0 fully saturated rings. The van der Waals surface area contributed by atoms with Crippen molar-refractivity contribution in [2.24, 2.45) is 0 Å². The molecule has 0 bridgehead atoms. The summed E-state index contributed by atoms with van der Waals surface area (Å²) in [5.74, 6) is 0.938. The van der Waals surface area contributed by atoms with Crippen molar-refractivity contribution in [3.63, 3.8) is 0 Å². The van der Waals surface area contributed by atoms with Gasteiger partial charge in [0.25, 0.3) is 0 Å². The maximum atomic E-state index is 5.56. The fourth-order valence-electron chi connectivity index (χ4n) is 1.67. The van der Waals surface area contributed by atoms with Crippen molar-refractivity contribution in [1.29, 1.82) is 0 Å². The van der Waals surface area contributed by atoms with Crippen LogP contribution in [0.1, 0.15) is 39.5 Å². The second kappa shape index (κ2) is 6.88. The van der Waals surface area contributed by atoms with Crippen molar-refractivity contribution in [1.82, 2.24) is 15.0 Å². The summed E-state index contributed by atoms with van der Waals surface area (Å²) >= 11 is 0. The minimum Gasteiger partial charge on any atom is -0.368 e. The first kappa shape index (κ1) is 13.5. The van der Waals surface area contributed by atoms with E-state index in [0.29, 0.717) is 5.95 Å². The van der Waals surface area contributed by atoms with Crippen LogP contribution < -0.4 is 16.4 Å². The molecule has 0 spiro atoms. The number of hydrogen-bond donors (Lipinski definition) is 2. The molecule has 0 saturated carbocycles. The lowest BCUT2D eigenvalue weighted by Crippen LogP contribution is -2.27. The fraction of sp³-hybridized carbons (Fsp3) is 0.727. The summed E-state index contributed by atoms with van der Waals surface area (Å²) in [5.41, 5.74) is 11.1. The molecule has 0 saturated heterocycles. The fourth-order valence-corrected chi connectivity index (χ4v) is 1.67. The van der Waals surface area contributed by atoms with Crippen molar-refractivity contribution in [2.75, 3.05) is 29.5 Å². The molecule has 0 amide bonds. The van der Waals surface area contributed by atoms with E-state index in [1.807, 2.05) is 0 Å². The Morgan fingerprint density at radius 2 is 1.59 bits per heavy atom. The van der Waals surface area contributed by atoms with Gasteiger partial charge in [0.15, 0.2) is 0 Å². The van der Waals surface area contributed by atoms with Crippen molar-refractivity contribution in [3.8, 4) is 0 Å². The maximum Gasteiger partial charge on any atom is 0.231 e. The molecule has 1 rings (SSSR count). The van der Waals surface area contributed by atoms with Crippen LogP contribution in [0.15, 0.2) is 0 Å². The van der Waals surface area contributed by atoms with Gasteiger partial charge < -0.3 is 16.4 Å². The Morgan fingerprint density at radius 3 is 2.12 bits per heavy atom. The predicted octanol–water partition coefficient (Wildman–Crippen LogP) is 1.44. The van der Waals surface area contributed by atoms with Gasteiger partial charge >= 0.3 is 0 Å². The molecule has 6 nitrogen and oxygen atoms in total. The molecular weight excluding hydrogens is 216 g/mol. The molecule has 1 heterocycles. The summed E-state index contributed by atoms with van der Waals surface area (Å²) in [5, 5.41) is 0. The summed E-state index contributed by atoms with van der Waals surface area (Å²) in [6.45, 7) is 6.04. The second-order valence-electron chi connectivity index (χ2n) is 3.99. The minimum absolute atomic E-state index is 0.180. The SMILES string of the molecule is CCCCCCN(CC)c1nc(N)nc(N)n1. The first-order valence-corrected chi connectivity index (χ1v) is 6.19. The van der Waals surface area contributed by atoms with Crippen LogP contribution in [-0.2, 0) is 0 Å². The van der Waals surface area contributed by atoms with Gasteiger partial charge in [-0.05, 0) is 13.3 Å². The molecule has 0 aliphatic rings. The first-order chi connectivity index (χ1) is 8.17. The van der Waals surface area contributed by atoms with Crippen molar-refractivity contribution < 1.29 is 0 Å². The zero-order chi connectivity index (χ0) is 12.7. The highest BCUT2D eigenvalue weighted by molar-refractivity contribution is 5.39. The second-order valence-corrected chi connectivity index (χ2v) is 3.99. The smallest absolute Gasteiger partial charge is 0.231 e. The molecule has 0 aliphatic carbocycles. The number of unbranched alkanes of at least 4 members (excludes halogenated alkanes) is 3. The number of nitrogen functional groups attached to an aromatic ring is 2. The van der Waals surface area contributed by atoms with Gasteiger partial charge in [-0.15, -0.1) is 0 Å². The third-order valence-corrected chi connectivity index (χ3v) is 2.60. The quantitative estimate of drug-likeness (QED) is 0.698. The van der Waals surface area contributed by atoms with Crippen LogP contribution in [0, 0.1) is 0 Å². The van der Waals surface area contributed by atoms with E-state index in [1.54, 1.807) is 0 Å². The third-order valence-electron chi connectivity index (χ3n) is 2.60. The average Bonchev–Trinajstić information content (AvgIpc) is 2.28. The average molecular weight is 238 g/mol. The topological polar surface area (TPSA) is 94.0 Å². The lowest BCUT2D eigenvalue weighted by molar-refractivity contribution is 0.642. The van der Waals surface area contributed by atoms with Crippen LogP contribution in [0.2, 0.25) is 0 Å². The standard InChI is InChI=1S/C11H22N6/c1-3-5-6-7-8-17(4-2)11-15-9(12)14-10(13)16-11/h3-8H2,1-2H3,(H4,12,13,14,15,16). The number of rotatable bonds is 7. The van der Waals surface area contributed by atoms with Gasteiger partial charge in [-0.3, -0.25) is 0 Å². The van der Waals surface area contributed by atoms with Crippen molar-refractivity contribution >= 4 is 17.8 Å². The molecule has 0 aromatic carbocycles. The number of aromatic nitrogens is 3. The van der Waals surface area contributed by atoms with Gasteiger partial charge in [0.05, 0.1) is 0 Å². The summed E-state index contributed by atoms with van der Waals surface area (Å²) in [7, 11) is 0. The van der Waals surface area contributed by atoms with Crippen molar-refractivity contribution in [2.45, 2.75) is 39.5 Å². The van der Waals surface area contributed by atoms with Crippen molar-refractivity contribution in [3.05, 3.63) is 0 Å². The lowest BCUT2D eigenvalue weighted by atomic mass is 10.2. The Kier molecular flexibility index (Phi) is 5.45. The molecule has 17 heavy (non-hydrogen) atoms. The molecule has 6 heteroatoms. The van der Waals surface area contributed by atoms with Crippen LogP contribution in [0.25, 0.3) is 0 Å². The highest BCUT2D eigenvalue weighted by Gasteiger charge is 2.09. The summed E-state index contributed by atoms with van der Waals surface area (Å²) in [6, 6.07) is 0. The van der Waals surface area contributed by atoms with Gasteiger partial charge in [-0.1, -0.05) is 26.2 Å². The zero-order valence-electron chi connectivity index (χ0n) is 10.7. The van der Waals surface area contributed by atoms with E-state index in [4.69, 9.17) is 11.5 Å². The normalized spacial score (nSPS) is 10.5. The number of nitrogens with two attached hydrogens (primary N) is 2. The Morgan fingerprint density at radius 1 is 0.941 bits per heavy atom. The molecule has 1 aromatic heterocycles. The monoisotopic (exact) mass is 238 g/mol. The van der Waals surface area contributed by atoms with Crippen LogP contribution >= 0.6 is 0 Å². The predicted molar refractivity (Wildman–Crippen MR) is 70.7 cm³/mol. The van der Waals surface area contributed by atoms with Gasteiger partial charge in [0.2, 0.25) is 17.8 Å². The number of nitrogens with zero attached hydrogens (tertiary/aromatic N) is 4. The van der Waals surface area contributed by atoms with E-state index in [9.17, 15) is 0 Å². The van der Waals surface area contributed by atoms with E-state index < -0.39 is 0 Å². The first-order valence-electron chi connectivity index (χ1n) is 6.19. The molecule has 0 aliphatic heterocycles. The minimum atomic E-state index is 0.180.